The molecule has 0 saturated heterocycles. The fourth-order valence-electron chi connectivity index (χ4n) is 3.77. The van der Waals surface area contributed by atoms with Gasteiger partial charge in [0.15, 0.2) is 17.4 Å². The van der Waals surface area contributed by atoms with Crippen LogP contribution in [0.3, 0.4) is 0 Å². The lowest BCUT2D eigenvalue weighted by Crippen LogP contribution is -2.24. The van der Waals surface area contributed by atoms with Crippen LogP contribution in [0.4, 0.5) is 4.39 Å². The third-order valence-electron chi connectivity index (χ3n) is 5.06. The molecule has 0 fully saturated rings. The van der Waals surface area contributed by atoms with E-state index in [9.17, 15) is 14.0 Å². The van der Waals surface area contributed by atoms with E-state index in [4.69, 9.17) is 4.42 Å². The summed E-state index contributed by atoms with van der Waals surface area (Å²) in [5.74, 6) is -0.228. The highest BCUT2D eigenvalue weighted by atomic mass is 19.1. The maximum absolute atomic E-state index is 15.0. The van der Waals surface area contributed by atoms with Gasteiger partial charge in [0.05, 0.1) is 11.3 Å². The van der Waals surface area contributed by atoms with Gasteiger partial charge in [-0.05, 0) is 39.2 Å². The first kappa shape index (κ1) is 23.4. The molecule has 1 aromatic carbocycles. The Labute approximate surface area is 187 Å². The molecule has 0 saturated carbocycles. The van der Waals surface area contributed by atoms with E-state index in [0.29, 0.717) is 24.3 Å². The van der Waals surface area contributed by atoms with E-state index in [-0.39, 0.29) is 11.3 Å². The number of Topliss-reactive ketones (excluding diaryl/α,β-unsaturated/α-hetero) is 1. The van der Waals surface area contributed by atoms with Crippen molar-refractivity contribution in [3.8, 4) is 11.5 Å². The van der Waals surface area contributed by atoms with Gasteiger partial charge in [0.2, 0.25) is 5.43 Å². The standard InChI is InChI=1S/C22H19FN2O3.C4H10/c1-4-17(24-5-2)15-8-6-7-13-14-9-10-25-11-16(12(3)26)20(27)18(23)19(25)22(14)28-21(13)15;1-4(2)3/h4-8,11H,9-10H2,1-3H3;4H,1-3H3/b17-4-,24-5?;. The minimum atomic E-state index is -0.952. The van der Waals surface area contributed by atoms with E-state index in [0.717, 1.165) is 28.1 Å². The maximum Gasteiger partial charge on any atom is 0.228 e. The molecule has 1 aliphatic heterocycles. The Bertz CT molecular complexity index is 1290. The summed E-state index contributed by atoms with van der Waals surface area (Å²) in [5.41, 5.74) is 2.10. The fraction of sp³-hybridized carbons (Fsp3) is 0.346. The summed E-state index contributed by atoms with van der Waals surface area (Å²) in [6, 6.07) is 5.75. The normalized spacial score (nSPS) is 13.2. The number of pyridine rings is 1. The van der Waals surface area contributed by atoms with Crippen LogP contribution >= 0.6 is 0 Å². The Balaban J connectivity index is 0.000000668. The van der Waals surface area contributed by atoms with Crippen molar-refractivity contribution in [3.05, 3.63) is 63.2 Å². The third-order valence-corrected chi connectivity index (χ3v) is 5.06. The molecule has 0 N–H and O–H groups in total. The van der Waals surface area contributed by atoms with E-state index >= 15 is 0 Å². The van der Waals surface area contributed by atoms with E-state index in [1.165, 1.54) is 13.1 Å². The first-order valence-electron chi connectivity index (χ1n) is 10.8. The number of hydrogen-bond acceptors (Lipinski definition) is 4. The van der Waals surface area contributed by atoms with Gasteiger partial charge in [0.1, 0.15) is 11.3 Å². The van der Waals surface area contributed by atoms with Crippen LogP contribution in [0.15, 0.2) is 44.7 Å². The van der Waals surface area contributed by atoms with Gasteiger partial charge in [-0.1, -0.05) is 39.0 Å². The van der Waals surface area contributed by atoms with Crippen molar-refractivity contribution in [1.82, 2.24) is 4.57 Å². The molecule has 168 valence electrons. The van der Waals surface area contributed by atoms with Gasteiger partial charge >= 0.3 is 0 Å². The van der Waals surface area contributed by atoms with Crippen molar-refractivity contribution in [2.24, 2.45) is 10.9 Å². The van der Waals surface area contributed by atoms with E-state index in [2.05, 4.69) is 25.8 Å². The number of allylic oxidation sites excluding steroid dienone is 1. The summed E-state index contributed by atoms with van der Waals surface area (Å²) in [6.45, 7) is 11.9. The number of aryl methyl sites for hydroxylation is 2. The lowest BCUT2D eigenvalue weighted by molar-refractivity contribution is 0.101. The number of aromatic nitrogens is 1. The minimum absolute atomic E-state index is 0.0967. The molecule has 2 aromatic heterocycles. The molecule has 0 radical (unpaired) electrons. The van der Waals surface area contributed by atoms with Gasteiger partial charge in [-0.2, -0.15) is 0 Å². The van der Waals surface area contributed by atoms with Crippen molar-refractivity contribution >= 4 is 28.7 Å². The topological polar surface area (TPSA) is 64.6 Å². The third kappa shape index (κ3) is 4.22. The molecule has 32 heavy (non-hydrogen) atoms. The molecule has 5 nitrogen and oxygen atoms in total. The van der Waals surface area contributed by atoms with E-state index in [1.807, 2.05) is 38.1 Å². The second kappa shape index (κ2) is 9.47. The van der Waals surface area contributed by atoms with Crippen molar-refractivity contribution in [3.63, 3.8) is 0 Å². The number of benzene rings is 1. The molecule has 0 unspecified atom stereocenters. The lowest BCUT2D eigenvalue weighted by Gasteiger charge is -2.19. The van der Waals surface area contributed by atoms with Crippen molar-refractivity contribution in [2.75, 3.05) is 0 Å². The van der Waals surface area contributed by atoms with Gasteiger partial charge in [0.25, 0.3) is 0 Å². The molecular weight excluding hydrogens is 407 g/mol. The number of aliphatic imine (C=N–C) groups is 1. The Hall–Kier alpha value is -3.28. The number of carbonyl (C=O) groups excluding carboxylic acids is 1. The van der Waals surface area contributed by atoms with Crippen molar-refractivity contribution < 1.29 is 13.6 Å². The molecule has 1 aliphatic rings. The van der Waals surface area contributed by atoms with Crippen LogP contribution in [0.2, 0.25) is 0 Å². The Morgan fingerprint density at radius 1 is 1.22 bits per heavy atom. The number of rotatable bonds is 3. The second-order valence-electron chi connectivity index (χ2n) is 8.42. The largest absolute Gasteiger partial charge is 0.453 e. The number of nitrogens with zero attached hydrogens (tertiary/aromatic N) is 2. The molecule has 0 bridgehead atoms. The smallest absolute Gasteiger partial charge is 0.228 e. The maximum atomic E-state index is 15.0. The average Bonchev–Trinajstić information content (AvgIpc) is 3.12. The van der Waals surface area contributed by atoms with E-state index < -0.39 is 17.0 Å². The Kier molecular flexibility index (Phi) is 6.92. The molecule has 3 heterocycles. The Morgan fingerprint density at radius 3 is 2.50 bits per heavy atom. The molecule has 6 heteroatoms. The summed E-state index contributed by atoms with van der Waals surface area (Å²) in [7, 11) is 0. The number of hydrogen-bond donors (Lipinski definition) is 0. The molecule has 0 spiro atoms. The van der Waals surface area contributed by atoms with Crippen molar-refractivity contribution in [1.29, 1.82) is 0 Å². The summed E-state index contributed by atoms with van der Waals surface area (Å²) < 4.78 is 22.7. The number of furan rings is 1. The zero-order chi connectivity index (χ0) is 23.6. The number of ketones is 1. The quantitative estimate of drug-likeness (QED) is 0.359. The SMILES string of the molecule is CC(C)C.CC=N/C(=C\C)c1cccc2c3c(oc12)-c1c(F)c(=O)c(C(C)=O)cn1CC3. The van der Waals surface area contributed by atoms with Crippen LogP contribution in [0.5, 0.6) is 0 Å². The predicted octanol–water partition coefficient (Wildman–Crippen LogP) is 6.27. The van der Waals surface area contributed by atoms with Crippen LogP contribution in [0, 0.1) is 11.7 Å². The highest BCUT2D eigenvalue weighted by Gasteiger charge is 2.29. The summed E-state index contributed by atoms with van der Waals surface area (Å²) >= 11 is 0. The minimum Gasteiger partial charge on any atom is -0.453 e. The molecular formula is C26H29FN2O3. The average molecular weight is 437 g/mol. The molecule has 0 atom stereocenters. The molecule has 0 amide bonds. The first-order chi connectivity index (χ1) is 15.2. The fourth-order valence-corrected chi connectivity index (χ4v) is 3.77. The van der Waals surface area contributed by atoms with Gasteiger partial charge in [-0.15, -0.1) is 0 Å². The summed E-state index contributed by atoms with van der Waals surface area (Å²) in [5, 5.41) is 0.881. The van der Waals surface area contributed by atoms with Gasteiger partial charge in [0, 0.05) is 35.5 Å². The predicted molar refractivity (Wildman–Crippen MR) is 128 cm³/mol. The molecule has 0 aliphatic carbocycles. The summed E-state index contributed by atoms with van der Waals surface area (Å²) in [4.78, 5) is 28.4. The number of fused-ring (bicyclic) bond motifs is 5. The van der Waals surface area contributed by atoms with Crippen LogP contribution in [-0.2, 0) is 13.0 Å². The lowest BCUT2D eigenvalue weighted by atomic mass is 9.99. The highest BCUT2D eigenvalue weighted by Crippen LogP contribution is 2.40. The number of halogens is 1. The zero-order valence-electron chi connectivity index (χ0n) is 19.5. The van der Waals surface area contributed by atoms with Crippen LogP contribution in [0.25, 0.3) is 28.1 Å². The van der Waals surface area contributed by atoms with Gasteiger partial charge < -0.3 is 8.98 Å². The first-order valence-corrected chi connectivity index (χ1v) is 10.8. The zero-order valence-corrected chi connectivity index (χ0v) is 19.5. The van der Waals surface area contributed by atoms with Crippen LogP contribution < -0.4 is 5.43 Å². The monoisotopic (exact) mass is 436 g/mol. The highest BCUT2D eigenvalue weighted by molar-refractivity contribution is 5.97. The Morgan fingerprint density at radius 2 is 1.91 bits per heavy atom. The van der Waals surface area contributed by atoms with Crippen LogP contribution in [-0.4, -0.2) is 16.6 Å². The van der Waals surface area contributed by atoms with E-state index in [1.54, 1.807) is 10.8 Å². The van der Waals surface area contributed by atoms with Crippen LogP contribution in [0.1, 0.15) is 63.0 Å². The van der Waals surface area contributed by atoms with Crippen molar-refractivity contribution in [2.45, 2.75) is 54.5 Å². The molecule has 3 aromatic rings. The summed E-state index contributed by atoms with van der Waals surface area (Å²) in [6.07, 6.45) is 5.63. The molecule has 4 rings (SSSR count). The number of para-hydroxylation sites is 1. The van der Waals surface area contributed by atoms with Gasteiger partial charge in [-0.25, -0.2) is 4.39 Å². The number of carbonyl (C=O) groups is 1. The second-order valence-corrected chi connectivity index (χ2v) is 8.42. The van der Waals surface area contributed by atoms with Gasteiger partial charge in [-0.3, -0.25) is 14.6 Å².